The van der Waals surface area contributed by atoms with Gasteiger partial charge in [0.05, 0.1) is 11.0 Å². The number of carbonyl (C=O) groups excluding carboxylic acids is 2. The molecule has 0 radical (unpaired) electrons. The molecule has 1 N–H and O–H groups in total. The highest BCUT2D eigenvalue weighted by molar-refractivity contribution is 5.92. The number of hydrogen-bond donors (Lipinski definition) is 1. The Balaban J connectivity index is 1.67. The summed E-state index contributed by atoms with van der Waals surface area (Å²) in [6, 6.07) is 13.2. The van der Waals surface area contributed by atoms with E-state index in [1.807, 2.05) is 33.7 Å². The second-order valence-corrected chi connectivity index (χ2v) is 7.56. The Morgan fingerprint density at radius 2 is 1.77 bits per heavy atom. The van der Waals surface area contributed by atoms with Gasteiger partial charge in [-0.05, 0) is 43.5 Å². The number of rotatable bonds is 11. The lowest BCUT2D eigenvalue weighted by molar-refractivity contribution is -0.131. The average molecular weight is 422 g/mol. The van der Waals surface area contributed by atoms with Crippen LogP contribution in [0, 0.1) is 0 Å². The summed E-state index contributed by atoms with van der Waals surface area (Å²) < 4.78 is 2.02. The molecule has 2 aromatic heterocycles. The first-order valence-corrected chi connectivity index (χ1v) is 11.0. The zero-order valence-electron chi connectivity index (χ0n) is 18.4. The SMILES string of the molecule is CCCN(CCC)C(=O)Cn1c(CCCNC(=O)c2ccccn2)nc2ccccc21. The fraction of sp³-hybridized carbons (Fsp3) is 0.417. The molecule has 164 valence electrons. The number of amides is 2. The van der Waals surface area contributed by atoms with Crippen LogP contribution >= 0.6 is 0 Å². The third-order valence-electron chi connectivity index (χ3n) is 5.13. The van der Waals surface area contributed by atoms with E-state index in [-0.39, 0.29) is 18.4 Å². The molecular formula is C24H31N5O2. The largest absolute Gasteiger partial charge is 0.351 e. The van der Waals surface area contributed by atoms with Crippen LogP contribution in [0.5, 0.6) is 0 Å². The van der Waals surface area contributed by atoms with Crippen LogP contribution in [0.3, 0.4) is 0 Å². The van der Waals surface area contributed by atoms with Crippen molar-refractivity contribution in [1.29, 1.82) is 0 Å². The van der Waals surface area contributed by atoms with Gasteiger partial charge in [-0.25, -0.2) is 4.98 Å². The first-order chi connectivity index (χ1) is 15.1. The number of carbonyl (C=O) groups is 2. The van der Waals surface area contributed by atoms with Crippen LogP contribution in [-0.2, 0) is 17.8 Å². The monoisotopic (exact) mass is 421 g/mol. The number of benzene rings is 1. The molecule has 3 aromatic rings. The van der Waals surface area contributed by atoms with Crippen LogP contribution in [0.1, 0.15) is 49.4 Å². The highest BCUT2D eigenvalue weighted by Gasteiger charge is 2.17. The molecular weight excluding hydrogens is 390 g/mol. The van der Waals surface area contributed by atoms with Crippen molar-refractivity contribution >= 4 is 22.8 Å². The average Bonchev–Trinajstić information content (AvgIpc) is 3.14. The number of fused-ring (bicyclic) bond motifs is 1. The molecule has 3 rings (SSSR count). The molecule has 2 amide bonds. The van der Waals surface area contributed by atoms with Gasteiger partial charge in [-0.2, -0.15) is 0 Å². The molecule has 0 aliphatic heterocycles. The molecule has 0 saturated heterocycles. The fourth-order valence-electron chi connectivity index (χ4n) is 3.67. The second-order valence-electron chi connectivity index (χ2n) is 7.56. The van der Waals surface area contributed by atoms with Crippen molar-refractivity contribution in [2.75, 3.05) is 19.6 Å². The van der Waals surface area contributed by atoms with E-state index < -0.39 is 0 Å². The predicted molar refractivity (Wildman–Crippen MR) is 122 cm³/mol. The van der Waals surface area contributed by atoms with Gasteiger partial charge >= 0.3 is 0 Å². The molecule has 31 heavy (non-hydrogen) atoms. The van der Waals surface area contributed by atoms with Gasteiger partial charge in [0.15, 0.2) is 0 Å². The molecule has 0 bridgehead atoms. The Labute approximate surface area is 183 Å². The van der Waals surface area contributed by atoms with Crippen molar-refractivity contribution in [2.45, 2.75) is 46.1 Å². The van der Waals surface area contributed by atoms with Crippen LogP contribution < -0.4 is 5.32 Å². The highest BCUT2D eigenvalue weighted by atomic mass is 16.2. The molecule has 0 unspecified atom stereocenters. The standard InChI is InChI=1S/C24H31N5O2/c1-3-16-28(17-4-2)23(30)18-29-21-12-6-5-10-19(21)27-22(29)13-9-15-26-24(31)20-11-7-8-14-25-20/h5-8,10-12,14H,3-4,9,13,15-18H2,1-2H3,(H,26,31). The van der Waals surface area contributed by atoms with Crippen molar-refractivity contribution in [1.82, 2.24) is 24.8 Å². The normalized spacial score (nSPS) is 10.9. The molecule has 0 saturated carbocycles. The lowest BCUT2D eigenvalue weighted by Crippen LogP contribution is -2.35. The number of aromatic nitrogens is 3. The maximum Gasteiger partial charge on any atom is 0.269 e. The molecule has 1 aromatic carbocycles. The maximum absolute atomic E-state index is 13.0. The fourth-order valence-corrected chi connectivity index (χ4v) is 3.67. The summed E-state index contributed by atoms with van der Waals surface area (Å²) >= 11 is 0. The third kappa shape index (κ3) is 5.90. The molecule has 0 atom stereocenters. The van der Waals surface area contributed by atoms with E-state index >= 15 is 0 Å². The highest BCUT2D eigenvalue weighted by Crippen LogP contribution is 2.18. The van der Waals surface area contributed by atoms with Gasteiger partial charge in [0.1, 0.15) is 18.1 Å². The van der Waals surface area contributed by atoms with Gasteiger partial charge in [0.25, 0.3) is 5.91 Å². The van der Waals surface area contributed by atoms with Crippen LogP contribution in [-0.4, -0.2) is 50.9 Å². The van der Waals surface area contributed by atoms with E-state index in [1.54, 1.807) is 24.4 Å². The van der Waals surface area contributed by atoms with Gasteiger partial charge in [-0.1, -0.05) is 32.0 Å². The van der Waals surface area contributed by atoms with E-state index in [2.05, 4.69) is 24.1 Å². The van der Waals surface area contributed by atoms with E-state index in [4.69, 9.17) is 4.98 Å². The Hall–Kier alpha value is -3.22. The number of nitrogens with zero attached hydrogens (tertiary/aromatic N) is 4. The molecule has 7 heteroatoms. The Morgan fingerprint density at radius 1 is 1.03 bits per heavy atom. The van der Waals surface area contributed by atoms with Crippen molar-refractivity contribution in [3.63, 3.8) is 0 Å². The smallest absolute Gasteiger partial charge is 0.269 e. The number of nitrogens with one attached hydrogen (secondary N) is 1. The molecule has 0 spiro atoms. The van der Waals surface area contributed by atoms with Crippen molar-refractivity contribution in [3.8, 4) is 0 Å². The summed E-state index contributed by atoms with van der Waals surface area (Å²) in [7, 11) is 0. The van der Waals surface area contributed by atoms with Crippen molar-refractivity contribution in [3.05, 3.63) is 60.2 Å². The van der Waals surface area contributed by atoms with E-state index in [0.29, 0.717) is 18.7 Å². The maximum atomic E-state index is 13.0. The summed E-state index contributed by atoms with van der Waals surface area (Å²) in [4.78, 5) is 35.9. The van der Waals surface area contributed by atoms with Gasteiger partial charge in [-0.3, -0.25) is 14.6 Å². The quantitative estimate of drug-likeness (QED) is 0.481. The van der Waals surface area contributed by atoms with Gasteiger partial charge in [0.2, 0.25) is 5.91 Å². The van der Waals surface area contributed by atoms with E-state index in [0.717, 1.165) is 49.2 Å². The van der Waals surface area contributed by atoms with Crippen molar-refractivity contribution in [2.24, 2.45) is 0 Å². The molecule has 2 heterocycles. The first-order valence-electron chi connectivity index (χ1n) is 11.0. The summed E-state index contributed by atoms with van der Waals surface area (Å²) in [6.07, 6.45) is 4.89. The van der Waals surface area contributed by atoms with Gasteiger partial charge in [0, 0.05) is 32.3 Å². The summed E-state index contributed by atoms with van der Waals surface area (Å²) in [5, 5.41) is 2.90. The minimum absolute atomic E-state index is 0.122. The minimum Gasteiger partial charge on any atom is -0.351 e. The second kappa shape index (κ2) is 11.2. The minimum atomic E-state index is -0.181. The van der Waals surface area contributed by atoms with Crippen molar-refractivity contribution < 1.29 is 9.59 Å². The zero-order chi connectivity index (χ0) is 22.1. The van der Waals surface area contributed by atoms with Gasteiger partial charge in [-0.15, -0.1) is 0 Å². The first kappa shape index (κ1) is 22.5. The third-order valence-corrected chi connectivity index (χ3v) is 5.13. The summed E-state index contributed by atoms with van der Waals surface area (Å²) in [5.41, 5.74) is 2.27. The Bertz CT molecular complexity index is 994. The Kier molecular flexibility index (Phi) is 8.15. The van der Waals surface area contributed by atoms with E-state index in [1.165, 1.54) is 0 Å². The molecule has 0 aliphatic rings. The summed E-state index contributed by atoms with van der Waals surface area (Å²) in [5.74, 6) is 0.810. The van der Waals surface area contributed by atoms with Crippen LogP contribution in [0.25, 0.3) is 11.0 Å². The Morgan fingerprint density at radius 3 is 2.48 bits per heavy atom. The summed E-state index contributed by atoms with van der Waals surface area (Å²) in [6.45, 7) is 6.53. The van der Waals surface area contributed by atoms with E-state index in [9.17, 15) is 9.59 Å². The number of hydrogen-bond acceptors (Lipinski definition) is 4. The topological polar surface area (TPSA) is 80.1 Å². The van der Waals surface area contributed by atoms with Crippen LogP contribution in [0.15, 0.2) is 48.7 Å². The van der Waals surface area contributed by atoms with Crippen LogP contribution in [0.4, 0.5) is 0 Å². The lowest BCUT2D eigenvalue weighted by atomic mass is 10.2. The predicted octanol–water partition coefficient (Wildman–Crippen LogP) is 3.44. The number of pyridine rings is 1. The lowest BCUT2D eigenvalue weighted by Gasteiger charge is -2.22. The number of para-hydroxylation sites is 2. The van der Waals surface area contributed by atoms with Crippen LogP contribution in [0.2, 0.25) is 0 Å². The van der Waals surface area contributed by atoms with Gasteiger partial charge < -0.3 is 14.8 Å². The molecule has 0 fully saturated rings. The molecule has 0 aliphatic carbocycles. The zero-order valence-corrected chi connectivity index (χ0v) is 18.4. The number of imidazole rings is 1. The molecule has 7 nitrogen and oxygen atoms in total. The number of aryl methyl sites for hydroxylation is 1.